The van der Waals surface area contributed by atoms with Crippen LogP contribution in [0.3, 0.4) is 0 Å². The third-order valence-corrected chi connectivity index (χ3v) is 3.05. The standard InChI is InChI=1S/C14H16ClNO3/c1-18-13-5-4-10(7-11(13)15)8-16-9-12(17)14-3-2-6-19-14/h2-7,12,16-17H,8-9H2,1H3. The molecule has 4 nitrogen and oxygen atoms in total. The molecule has 102 valence electrons. The molecule has 0 saturated carbocycles. The Morgan fingerprint density at radius 2 is 2.26 bits per heavy atom. The summed E-state index contributed by atoms with van der Waals surface area (Å²) in [6.45, 7) is 1.03. The minimum absolute atomic E-state index is 0.414. The molecule has 2 rings (SSSR count). The van der Waals surface area contributed by atoms with Crippen LogP contribution in [0.25, 0.3) is 0 Å². The lowest BCUT2D eigenvalue weighted by atomic mass is 10.2. The van der Waals surface area contributed by atoms with Crippen LogP contribution in [0.15, 0.2) is 41.0 Å². The highest BCUT2D eigenvalue weighted by atomic mass is 35.5. The Bertz CT molecular complexity index is 513. The summed E-state index contributed by atoms with van der Waals surface area (Å²) >= 11 is 6.04. The monoisotopic (exact) mass is 281 g/mol. The van der Waals surface area contributed by atoms with Gasteiger partial charge in [-0.3, -0.25) is 0 Å². The topological polar surface area (TPSA) is 54.6 Å². The number of ether oxygens (including phenoxy) is 1. The van der Waals surface area contributed by atoms with Crippen molar-refractivity contribution in [1.29, 1.82) is 0 Å². The maximum Gasteiger partial charge on any atom is 0.137 e. The molecule has 19 heavy (non-hydrogen) atoms. The summed E-state index contributed by atoms with van der Waals surface area (Å²) in [7, 11) is 1.58. The number of nitrogens with one attached hydrogen (secondary N) is 1. The smallest absolute Gasteiger partial charge is 0.137 e. The zero-order valence-corrected chi connectivity index (χ0v) is 11.4. The first-order chi connectivity index (χ1) is 9.20. The Hall–Kier alpha value is -1.49. The molecule has 1 heterocycles. The fourth-order valence-corrected chi connectivity index (χ4v) is 2.03. The van der Waals surface area contributed by atoms with Gasteiger partial charge in [-0.25, -0.2) is 0 Å². The number of hydrogen-bond acceptors (Lipinski definition) is 4. The van der Waals surface area contributed by atoms with Crippen molar-refractivity contribution in [2.75, 3.05) is 13.7 Å². The Balaban J connectivity index is 1.84. The maximum absolute atomic E-state index is 9.82. The molecule has 2 aromatic rings. The van der Waals surface area contributed by atoms with Crippen LogP contribution in [0.1, 0.15) is 17.4 Å². The van der Waals surface area contributed by atoms with E-state index in [4.69, 9.17) is 20.8 Å². The van der Waals surface area contributed by atoms with Crippen LogP contribution < -0.4 is 10.1 Å². The van der Waals surface area contributed by atoms with Crippen molar-refractivity contribution in [3.8, 4) is 5.75 Å². The van der Waals surface area contributed by atoms with Crippen molar-refractivity contribution in [1.82, 2.24) is 5.32 Å². The first-order valence-corrected chi connectivity index (χ1v) is 6.33. The lowest BCUT2D eigenvalue weighted by molar-refractivity contribution is 0.147. The molecule has 0 fully saturated rings. The van der Waals surface area contributed by atoms with Gasteiger partial charge in [0.25, 0.3) is 0 Å². The molecule has 2 N–H and O–H groups in total. The first-order valence-electron chi connectivity index (χ1n) is 5.95. The van der Waals surface area contributed by atoms with Gasteiger partial charge in [0.2, 0.25) is 0 Å². The summed E-state index contributed by atoms with van der Waals surface area (Å²) in [5.41, 5.74) is 1.03. The number of hydrogen-bond donors (Lipinski definition) is 2. The maximum atomic E-state index is 9.82. The predicted octanol–water partition coefficient (Wildman–Crippen LogP) is 2.76. The molecule has 0 radical (unpaired) electrons. The van der Waals surface area contributed by atoms with E-state index in [0.29, 0.717) is 29.6 Å². The van der Waals surface area contributed by atoms with Crippen molar-refractivity contribution in [3.05, 3.63) is 52.9 Å². The Morgan fingerprint density at radius 3 is 2.89 bits per heavy atom. The molecule has 1 atom stereocenters. The Labute approximate surface area is 117 Å². The second-order valence-corrected chi connectivity index (χ2v) is 4.54. The quantitative estimate of drug-likeness (QED) is 0.855. The molecule has 0 aliphatic rings. The van der Waals surface area contributed by atoms with Crippen molar-refractivity contribution >= 4 is 11.6 Å². The zero-order valence-electron chi connectivity index (χ0n) is 10.6. The van der Waals surface area contributed by atoms with Crippen LogP contribution in [0.5, 0.6) is 5.75 Å². The third kappa shape index (κ3) is 3.73. The van der Waals surface area contributed by atoms with E-state index in [2.05, 4.69) is 5.32 Å². The minimum atomic E-state index is -0.649. The van der Waals surface area contributed by atoms with Gasteiger partial charge in [-0.05, 0) is 29.8 Å². The largest absolute Gasteiger partial charge is 0.495 e. The molecule has 0 aliphatic heterocycles. The molecule has 1 aromatic heterocycles. The SMILES string of the molecule is COc1ccc(CNCC(O)c2ccco2)cc1Cl. The van der Waals surface area contributed by atoms with E-state index >= 15 is 0 Å². The van der Waals surface area contributed by atoms with Gasteiger partial charge in [0.1, 0.15) is 17.6 Å². The average molecular weight is 282 g/mol. The predicted molar refractivity (Wildman–Crippen MR) is 73.4 cm³/mol. The number of aliphatic hydroxyl groups excluding tert-OH is 1. The number of furan rings is 1. The lowest BCUT2D eigenvalue weighted by Crippen LogP contribution is -2.20. The molecule has 0 spiro atoms. The van der Waals surface area contributed by atoms with Gasteiger partial charge in [0, 0.05) is 13.1 Å². The van der Waals surface area contributed by atoms with E-state index in [0.717, 1.165) is 5.56 Å². The van der Waals surface area contributed by atoms with Crippen molar-refractivity contribution < 1.29 is 14.3 Å². The molecule has 0 aliphatic carbocycles. The second-order valence-electron chi connectivity index (χ2n) is 4.13. The van der Waals surface area contributed by atoms with E-state index in [1.165, 1.54) is 0 Å². The average Bonchev–Trinajstić information content (AvgIpc) is 2.93. The first kappa shape index (κ1) is 13.9. The summed E-state index contributed by atoms with van der Waals surface area (Å²) in [5, 5.41) is 13.5. The van der Waals surface area contributed by atoms with Crippen molar-refractivity contribution in [2.45, 2.75) is 12.6 Å². The molecular weight excluding hydrogens is 266 g/mol. The van der Waals surface area contributed by atoms with Gasteiger partial charge in [-0.2, -0.15) is 0 Å². The summed E-state index contributed by atoms with van der Waals surface area (Å²) in [4.78, 5) is 0. The van der Waals surface area contributed by atoms with Gasteiger partial charge >= 0.3 is 0 Å². The number of benzene rings is 1. The highest BCUT2D eigenvalue weighted by Gasteiger charge is 2.09. The van der Waals surface area contributed by atoms with Crippen LogP contribution in [0.2, 0.25) is 5.02 Å². The number of methoxy groups -OCH3 is 1. The van der Waals surface area contributed by atoms with Crippen LogP contribution in [-0.2, 0) is 6.54 Å². The van der Waals surface area contributed by atoms with Gasteiger partial charge in [0.05, 0.1) is 18.4 Å². The third-order valence-electron chi connectivity index (χ3n) is 2.75. The summed E-state index contributed by atoms with van der Waals surface area (Å²) in [6.07, 6.45) is 0.894. The summed E-state index contributed by atoms with van der Waals surface area (Å²) < 4.78 is 10.2. The molecule has 5 heteroatoms. The fourth-order valence-electron chi connectivity index (χ4n) is 1.75. The van der Waals surface area contributed by atoms with Crippen molar-refractivity contribution in [2.24, 2.45) is 0 Å². The molecule has 1 aromatic carbocycles. The lowest BCUT2D eigenvalue weighted by Gasteiger charge is -2.10. The van der Waals surface area contributed by atoms with E-state index in [9.17, 15) is 5.11 Å². The van der Waals surface area contributed by atoms with Gasteiger partial charge in [-0.1, -0.05) is 17.7 Å². The molecule has 0 saturated heterocycles. The molecule has 1 unspecified atom stereocenters. The summed E-state index contributed by atoms with van der Waals surface area (Å²) in [5.74, 6) is 1.21. The van der Waals surface area contributed by atoms with Gasteiger partial charge in [0.15, 0.2) is 0 Å². The van der Waals surface area contributed by atoms with Crippen LogP contribution >= 0.6 is 11.6 Å². The van der Waals surface area contributed by atoms with Gasteiger partial charge in [-0.15, -0.1) is 0 Å². The number of aliphatic hydroxyl groups is 1. The van der Waals surface area contributed by atoms with E-state index in [1.807, 2.05) is 18.2 Å². The highest BCUT2D eigenvalue weighted by Crippen LogP contribution is 2.24. The Morgan fingerprint density at radius 1 is 1.42 bits per heavy atom. The van der Waals surface area contributed by atoms with Crippen LogP contribution in [0, 0.1) is 0 Å². The highest BCUT2D eigenvalue weighted by molar-refractivity contribution is 6.32. The van der Waals surface area contributed by atoms with Crippen molar-refractivity contribution in [3.63, 3.8) is 0 Å². The second kappa shape index (κ2) is 6.61. The van der Waals surface area contributed by atoms with E-state index < -0.39 is 6.10 Å². The minimum Gasteiger partial charge on any atom is -0.495 e. The van der Waals surface area contributed by atoms with E-state index in [-0.39, 0.29) is 0 Å². The fraction of sp³-hybridized carbons (Fsp3) is 0.286. The number of halogens is 1. The number of rotatable bonds is 6. The van der Waals surface area contributed by atoms with E-state index in [1.54, 1.807) is 25.5 Å². The molecule has 0 bridgehead atoms. The normalized spacial score (nSPS) is 12.4. The summed E-state index contributed by atoms with van der Waals surface area (Å²) in [6, 6.07) is 9.09. The van der Waals surface area contributed by atoms with Gasteiger partial charge < -0.3 is 19.6 Å². The Kier molecular flexibility index (Phi) is 4.85. The molecular formula is C14H16ClNO3. The van der Waals surface area contributed by atoms with Crippen LogP contribution in [-0.4, -0.2) is 18.8 Å². The molecule has 0 amide bonds. The van der Waals surface area contributed by atoms with Crippen LogP contribution in [0.4, 0.5) is 0 Å². The zero-order chi connectivity index (χ0) is 13.7.